The van der Waals surface area contributed by atoms with Gasteiger partial charge in [0, 0.05) is 22.7 Å². The summed E-state index contributed by atoms with van der Waals surface area (Å²) >= 11 is 6.16. The van der Waals surface area contributed by atoms with Gasteiger partial charge >= 0.3 is 11.8 Å². The van der Waals surface area contributed by atoms with E-state index in [-0.39, 0.29) is 13.2 Å². The van der Waals surface area contributed by atoms with Gasteiger partial charge in [0.25, 0.3) is 0 Å². The first kappa shape index (κ1) is 22.1. The summed E-state index contributed by atoms with van der Waals surface area (Å²) in [5.74, 6) is -1.04. The molecule has 0 atom stereocenters. The first-order valence-corrected chi connectivity index (χ1v) is 10.0. The molecule has 0 spiro atoms. The van der Waals surface area contributed by atoms with Crippen molar-refractivity contribution in [3.8, 4) is 5.75 Å². The van der Waals surface area contributed by atoms with Gasteiger partial charge in [0.15, 0.2) is 0 Å². The summed E-state index contributed by atoms with van der Waals surface area (Å²) in [5.41, 5.74) is 5.76. The summed E-state index contributed by atoms with van der Waals surface area (Å²) in [5, 5.41) is 7.05. The Morgan fingerprint density at radius 1 is 0.968 bits per heavy atom. The highest BCUT2D eigenvalue weighted by atomic mass is 35.5. The number of carbonyl (C=O) groups is 2. The van der Waals surface area contributed by atoms with Crippen molar-refractivity contribution in [1.82, 2.24) is 10.7 Å². The summed E-state index contributed by atoms with van der Waals surface area (Å²) in [6, 6.07) is 22.3. The van der Waals surface area contributed by atoms with Crippen LogP contribution in [0.15, 0.2) is 77.9 Å². The highest BCUT2D eigenvalue weighted by molar-refractivity contribution is 6.35. The fourth-order valence-electron chi connectivity index (χ4n) is 2.67. The highest BCUT2D eigenvalue weighted by Gasteiger charge is 2.12. The minimum atomic E-state index is -0.849. The van der Waals surface area contributed by atoms with Crippen molar-refractivity contribution in [2.24, 2.45) is 5.10 Å². The third kappa shape index (κ3) is 6.69. The number of ether oxygens (including phenoxy) is 1. The second-order valence-electron chi connectivity index (χ2n) is 6.79. The zero-order valence-electron chi connectivity index (χ0n) is 17.0. The molecule has 0 aliphatic heterocycles. The number of nitrogens with zero attached hydrogens (tertiary/aromatic N) is 1. The molecule has 3 aromatic carbocycles. The van der Waals surface area contributed by atoms with Gasteiger partial charge in [-0.05, 0) is 30.7 Å². The third-order valence-electron chi connectivity index (χ3n) is 4.41. The fraction of sp³-hybridized carbons (Fsp3) is 0.125. The Labute approximate surface area is 185 Å². The molecule has 0 aliphatic carbocycles. The van der Waals surface area contributed by atoms with Crippen molar-refractivity contribution in [3.05, 3.63) is 100 Å². The van der Waals surface area contributed by atoms with Crippen LogP contribution in [0.5, 0.6) is 5.75 Å². The lowest BCUT2D eigenvalue weighted by molar-refractivity contribution is -0.139. The Morgan fingerprint density at radius 3 is 2.45 bits per heavy atom. The van der Waals surface area contributed by atoms with Crippen molar-refractivity contribution in [1.29, 1.82) is 0 Å². The van der Waals surface area contributed by atoms with Crippen LogP contribution < -0.4 is 15.5 Å². The lowest BCUT2D eigenvalue weighted by atomic mass is 10.1. The topological polar surface area (TPSA) is 79.8 Å². The van der Waals surface area contributed by atoms with E-state index in [4.69, 9.17) is 16.3 Å². The van der Waals surface area contributed by atoms with Crippen molar-refractivity contribution in [2.75, 3.05) is 0 Å². The minimum Gasteiger partial charge on any atom is -0.488 e. The summed E-state index contributed by atoms with van der Waals surface area (Å²) in [6.45, 7) is 2.53. The van der Waals surface area contributed by atoms with Gasteiger partial charge in [-0.1, -0.05) is 71.8 Å². The van der Waals surface area contributed by atoms with E-state index in [0.29, 0.717) is 16.3 Å². The molecule has 0 aliphatic rings. The number of nitrogens with one attached hydrogen (secondary N) is 2. The van der Waals surface area contributed by atoms with E-state index >= 15 is 0 Å². The normalized spacial score (nSPS) is 10.6. The van der Waals surface area contributed by atoms with E-state index in [0.717, 1.165) is 16.7 Å². The fourth-order valence-corrected chi connectivity index (χ4v) is 2.86. The first-order chi connectivity index (χ1) is 15.0. The van der Waals surface area contributed by atoms with E-state index in [1.54, 1.807) is 18.2 Å². The number of aryl methyl sites for hydroxylation is 1. The molecule has 0 bridgehead atoms. The molecule has 0 heterocycles. The Bertz CT molecular complexity index is 1080. The molecule has 0 unspecified atom stereocenters. The van der Waals surface area contributed by atoms with Gasteiger partial charge in [-0.25, -0.2) is 5.43 Å². The maximum absolute atomic E-state index is 12.0. The van der Waals surface area contributed by atoms with Gasteiger partial charge in [-0.2, -0.15) is 5.10 Å². The summed E-state index contributed by atoms with van der Waals surface area (Å²) < 4.78 is 5.84. The molecule has 0 aromatic heterocycles. The van der Waals surface area contributed by atoms with Crippen LogP contribution in [-0.4, -0.2) is 18.0 Å². The largest absolute Gasteiger partial charge is 0.488 e. The average Bonchev–Trinajstić information content (AvgIpc) is 2.78. The highest BCUT2D eigenvalue weighted by Crippen LogP contribution is 2.20. The SMILES string of the molecule is Cc1ccc(CNC(=O)C(=O)N/N=C\c2ccccc2OCc2ccccc2Cl)cc1. The number of hydrogen-bond donors (Lipinski definition) is 2. The Kier molecular flexibility index (Phi) is 7.79. The van der Waals surface area contributed by atoms with Gasteiger partial charge in [-0.3, -0.25) is 9.59 Å². The number of para-hydroxylation sites is 1. The number of benzene rings is 3. The van der Waals surface area contributed by atoms with Crippen LogP contribution in [0.2, 0.25) is 5.02 Å². The predicted octanol–water partition coefficient (Wildman–Crippen LogP) is 3.99. The van der Waals surface area contributed by atoms with Gasteiger partial charge in [0.2, 0.25) is 0 Å². The van der Waals surface area contributed by atoms with Crippen molar-refractivity contribution in [3.63, 3.8) is 0 Å². The molecule has 2 N–H and O–H groups in total. The Morgan fingerprint density at radius 2 is 1.68 bits per heavy atom. The van der Waals surface area contributed by atoms with Crippen LogP contribution in [0.3, 0.4) is 0 Å². The van der Waals surface area contributed by atoms with Crippen LogP contribution in [0, 0.1) is 6.92 Å². The zero-order valence-corrected chi connectivity index (χ0v) is 17.7. The smallest absolute Gasteiger partial charge is 0.329 e. The third-order valence-corrected chi connectivity index (χ3v) is 4.78. The number of amides is 2. The van der Waals surface area contributed by atoms with Crippen LogP contribution in [0.25, 0.3) is 0 Å². The second kappa shape index (κ2) is 10.9. The van der Waals surface area contributed by atoms with Crippen molar-refractivity contribution in [2.45, 2.75) is 20.1 Å². The summed E-state index contributed by atoms with van der Waals surface area (Å²) in [4.78, 5) is 23.9. The predicted molar refractivity (Wildman–Crippen MR) is 121 cm³/mol. The minimum absolute atomic E-state index is 0.259. The lowest BCUT2D eigenvalue weighted by Crippen LogP contribution is -2.37. The standard InChI is InChI=1S/C24H22ClN3O3/c1-17-10-12-18(13-11-17)14-26-23(29)24(30)28-27-15-19-6-3-5-9-22(19)31-16-20-7-2-4-8-21(20)25/h2-13,15H,14,16H2,1H3,(H,26,29)(H,28,30)/b27-15-. The molecule has 0 radical (unpaired) electrons. The van der Waals surface area contributed by atoms with E-state index in [1.807, 2.05) is 61.5 Å². The molecule has 2 amide bonds. The maximum Gasteiger partial charge on any atom is 0.329 e. The molecular formula is C24H22ClN3O3. The summed E-state index contributed by atoms with van der Waals surface area (Å²) in [6.07, 6.45) is 1.42. The second-order valence-corrected chi connectivity index (χ2v) is 7.19. The molecule has 31 heavy (non-hydrogen) atoms. The maximum atomic E-state index is 12.0. The van der Waals surface area contributed by atoms with E-state index in [1.165, 1.54) is 6.21 Å². The number of hydrazone groups is 1. The number of rotatable bonds is 7. The molecule has 0 fully saturated rings. The number of halogens is 1. The molecule has 6 nitrogen and oxygen atoms in total. The summed E-state index contributed by atoms with van der Waals surface area (Å²) in [7, 11) is 0. The van der Waals surface area contributed by atoms with Gasteiger partial charge in [0.05, 0.1) is 6.21 Å². The van der Waals surface area contributed by atoms with E-state index in [2.05, 4.69) is 15.8 Å². The van der Waals surface area contributed by atoms with Crippen LogP contribution in [-0.2, 0) is 22.7 Å². The molecule has 158 valence electrons. The lowest BCUT2D eigenvalue weighted by Gasteiger charge is -2.10. The zero-order chi connectivity index (χ0) is 22.1. The first-order valence-electron chi connectivity index (χ1n) is 9.65. The number of carbonyl (C=O) groups excluding carboxylic acids is 2. The molecule has 7 heteroatoms. The van der Waals surface area contributed by atoms with Crippen LogP contribution in [0.4, 0.5) is 0 Å². The van der Waals surface area contributed by atoms with Gasteiger partial charge in [0.1, 0.15) is 12.4 Å². The Balaban J connectivity index is 1.53. The quantitative estimate of drug-likeness (QED) is 0.334. The van der Waals surface area contributed by atoms with E-state index < -0.39 is 11.8 Å². The monoisotopic (exact) mass is 435 g/mol. The Hall–Kier alpha value is -3.64. The molecule has 3 aromatic rings. The van der Waals surface area contributed by atoms with Crippen molar-refractivity contribution < 1.29 is 14.3 Å². The van der Waals surface area contributed by atoms with Crippen molar-refractivity contribution >= 4 is 29.6 Å². The number of hydrogen-bond acceptors (Lipinski definition) is 4. The molecule has 0 saturated heterocycles. The van der Waals surface area contributed by atoms with Gasteiger partial charge < -0.3 is 10.1 Å². The molecule has 0 saturated carbocycles. The molecular weight excluding hydrogens is 414 g/mol. The van der Waals surface area contributed by atoms with Gasteiger partial charge in [-0.15, -0.1) is 0 Å². The van der Waals surface area contributed by atoms with Crippen LogP contribution in [0.1, 0.15) is 22.3 Å². The average molecular weight is 436 g/mol. The van der Waals surface area contributed by atoms with E-state index in [9.17, 15) is 9.59 Å². The van der Waals surface area contributed by atoms with Crippen LogP contribution >= 0.6 is 11.6 Å². The molecule has 3 rings (SSSR count).